The molecule has 0 aliphatic carbocycles. The first-order valence-corrected chi connectivity index (χ1v) is 17.2. The van der Waals surface area contributed by atoms with Crippen molar-refractivity contribution in [2.24, 2.45) is 4.99 Å². The van der Waals surface area contributed by atoms with Gasteiger partial charge in [-0.3, -0.25) is 4.99 Å². The Hall–Kier alpha value is -0.416. The molecule has 3 heteroatoms. The molecular formula is C24H49NSi2. The molecule has 0 heterocycles. The number of hydrogen-bond acceptors (Lipinski definition) is 1. The fraction of sp³-hybridized carbons (Fsp3) is 0.792. The summed E-state index contributed by atoms with van der Waals surface area (Å²) in [6.07, 6.45) is 13.3. The average molecular weight is 408 g/mol. The third kappa shape index (κ3) is 11.2. The van der Waals surface area contributed by atoms with Gasteiger partial charge in [0.25, 0.3) is 0 Å². The van der Waals surface area contributed by atoms with Crippen LogP contribution in [0.1, 0.15) is 79.1 Å². The molecule has 0 rings (SSSR count). The topological polar surface area (TPSA) is 12.4 Å². The molecule has 0 aromatic heterocycles. The van der Waals surface area contributed by atoms with E-state index in [2.05, 4.69) is 63.5 Å². The molecule has 0 atom stereocenters. The molecule has 27 heavy (non-hydrogen) atoms. The van der Waals surface area contributed by atoms with Crippen LogP contribution >= 0.6 is 0 Å². The van der Waals surface area contributed by atoms with Gasteiger partial charge in [0.05, 0.1) is 16.1 Å². The van der Waals surface area contributed by atoms with Gasteiger partial charge in [-0.25, -0.2) is 0 Å². The summed E-state index contributed by atoms with van der Waals surface area (Å²) in [5.41, 5.74) is 4.61. The molecule has 0 aliphatic heterocycles. The molecule has 0 saturated carbocycles. The van der Waals surface area contributed by atoms with Crippen molar-refractivity contribution in [1.29, 1.82) is 0 Å². The highest BCUT2D eigenvalue weighted by atomic mass is 28.3. The number of nitrogens with zero attached hydrogens (tertiary/aromatic N) is 1. The van der Waals surface area contributed by atoms with Crippen LogP contribution in [-0.4, -0.2) is 28.9 Å². The van der Waals surface area contributed by atoms with Crippen LogP contribution in [0.25, 0.3) is 0 Å². The zero-order valence-corrected chi connectivity index (χ0v) is 21.2. The molecule has 0 unspecified atom stereocenters. The van der Waals surface area contributed by atoms with E-state index in [1.54, 1.807) is 0 Å². The van der Waals surface area contributed by atoms with Crippen molar-refractivity contribution in [3.63, 3.8) is 0 Å². The van der Waals surface area contributed by atoms with Gasteiger partial charge in [-0.1, -0.05) is 103 Å². The summed E-state index contributed by atoms with van der Waals surface area (Å²) in [5, 5.41) is 0. The Kier molecular flexibility index (Phi) is 16.3. The molecule has 1 nitrogen and oxygen atoms in total. The molecule has 0 saturated heterocycles. The zero-order chi connectivity index (χ0) is 20.4. The summed E-state index contributed by atoms with van der Waals surface area (Å²) in [6.45, 7) is 18.6. The lowest BCUT2D eigenvalue weighted by Crippen LogP contribution is -2.29. The Labute approximate surface area is 173 Å². The Bertz CT molecular complexity index is 395. The lowest BCUT2D eigenvalue weighted by atomic mass is 10.1. The molecule has 0 aromatic rings. The van der Waals surface area contributed by atoms with Crippen molar-refractivity contribution in [3.8, 4) is 0 Å². The Morgan fingerprint density at radius 3 is 1.52 bits per heavy atom. The van der Waals surface area contributed by atoms with Crippen LogP contribution in [0.4, 0.5) is 0 Å². The molecule has 0 aliphatic rings. The number of unbranched alkanes of at least 4 members (excludes halogenated alkanes) is 7. The van der Waals surface area contributed by atoms with E-state index in [9.17, 15) is 0 Å². The first kappa shape index (κ1) is 26.6. The Morgan fingerprint density at radius 2 is 1.07 bits per heavy atom. The van der Waals surface area contributed by atoms with Crippen LogP contribution in [0.2, 0.25) is 36.3 Å². The maximum atomic E-state index is 4.66. The lowest BCUT2D eigenvalue weighted by Gasteiger charge is -2.25. The molecular weight excluding hydrogens is 358 g/mol. The third-order valence-electron chi connectivity index (χ3n) is 7.02. The fourth-order valence-corrected chi connectivity index (χ4v) is 9.24. The molecule has 0 fully saturated rings. The molecule has 158 valence electrons. The quantitative estimate of drug-likeness (QED) is 0.115. The van der Waals surface area contributed by atoms with Crippen molar-refractivity contribution in [3.05, 3.63) is 24.6 Å². The fourth-order valence-electron chi connectivity index (χ4n) is 3.98. The van der Waals surface area contributed by atoms with Crippen LogP contribution in [0, 0.1) is 0 Å². The van der Waals surface area contributed by atoms with Crippen molar-refractivity contribution in [2.75, 3.05) is 6.54 Å². The second kappa shape index (κ2) is 16.5. The van der Waals surface area contributed by atoms with Gasteiger partial charge >= 0.3 is 0 Å². The predicted octanol–water partition coefficient (Wildman–Crippen LogP) is 8.61. The van der Waals surface area contributed by atoms with Gasteiger partial charge in [-0.05, 0) is 18.7 Å². The molecule has 0 aromatic carbocycles. The van der Waals surface area contributed by atoms with E-state index in [0.717, 1.165) is 6.54 Å². The van der Waals surface area contributed by atoms with Gasteiger partial charge in [0, 0.05) is 6.54 Å². The highest BCUT2D eigenvalue weighted by Gasteiger charge is 2.24. The minimum Gasteiger partial charge on any atom is -0.298 e. The standard InChI is InChI=1S/C24H49NSi2/c1-7-26(8-2,9-3)23-20-18-16-14-13-15-17-19-21-25-22-24-27(10-4,11-5)12-6/h7,10,22H,1,4,8-9,11-21,23-24H2,2-3,5-6H3. The van der Waals surface area contributed by atoms with Gasteiger partial charge in [-0.2, -0.15) is 0 Å². The van der Waals surface area contributed by atoms with E-state index < -0.39 is 16.1 Å². The van der Waals surface area contributed by atoms with E-state index >= 15 is 0 Å². The summed E-state index contributed by atoms with van der Waals surface area (Å²) in [6, 6.07) is 8.01. The minimum absolute atomic E-state index is 1.03. The summed E-state index contributed by atoms with van der Waals surface area (Å²) >= 11 is 0. The summed E-state index contributed by atoms with van der Waals surface area (Å²) in [5.74, 6) is 0. The smallest absolute Gasteiger partial charge is 0.0817 e. The monoisotopic (exact) mass is 407 g/mol. The van der Waals surface area contributed by atoms with Crippen LogP contribution in [0.5, 0.6) is 0 Å². The molecule has 0 amide bonds. The first-order chi connectivity index (χ1) is 13.1. The van der Waals surface area contributed by atoms with E-state index in [1.807, 2.05) is 0 Å². The van der Waals surface area contributed by atoms with Crippen LogP contribution < -0.4 is 0 Å². The van der Waals surface area contributed by atoms with Gasteiger partial charge in [0.15, 0.2) is 0 Å². The van der Waals surface area contributed by atoms with Crippen LogP contribution in [0.3, 0.4) is 0 Å². The van der Waals surface area contributed by atoms with Crippen molar-refractivity contribution in [1.82, 2.24) is 0 Å². The molecule has 0 bridgehead atoms. The van der Waals surface area contributed by atoms with Crippen molar-refractivity contribution < 1.29 is 0 Å². The highest BCUT2D eigenvalue weighted by Crippen LogP contribution is 2.25. The van der Waals surface area contributed by atoms with Gasteiger partial charge in [-0.15, -0.1) is 24.6 Å². The molecule has 0 radical (unpaired) electrons. The maximum Gasteiger partial charge on any atom is 0.0817 e. The highest BCUT2D eigenvalue weighted by molar-refractivity contribution is 6.86. The van der Waals surface area contributed by atoms with E-state index in [0.29, 0.717) is 0 Å². The first-order valence-electron chi connectivity index (χ1n) is 11.8. The second-order valence-corrected chi connectivity index (χ2v) is 18.4. The Morgan fingerprint density at radius 1 is 0.630 bits per heavy atom. The third-order valence-corrected chi connectivity index (χ3v) is 16.7. The number of aliphatic imine (C=N–C) groups is 1. The summed E-state index contributed by atoms with van der Waals surface area (Å²) < 4.78 is 0. The van der Waals surface area contributed by atoms with Crippen LogP contribution in [0.15, 0.2) is 29.5 Å². The lowest BCUT2D eigenvalue weighted by molar-refractivity contribution is 0.577. The van der Waals surface area contributed by atoms with Gasteiger partial charge < -0.3 is 0 Å². The van der Waals surface area contributed by atoms with E-state index in [-0.39, 0.29) is 0 Å². The second-order valence-electron chi connectivity index (χ2n) is 8.42. The molecule has 0 N–H and O–H groups in total. The van der Waals surface area contributed by atoms with E-state index in [1.165, 1.54) is 87.6 Å². The van der Waals surface area contributed by atoms with Gasteiger partial charge in [0.2, 0.25) is 0 Å². The normalized spacial score (nSPS) is 12.6. The maximum absolute atomic E-state index is 4.66. The van der Waals surface area contributed by atoms with E-state index in [4.69, 9.17) is 0 Å². The summed E-state index contributed by atoms with van der Waals surface area (Å²) in [4.78, 5) is 4.66. The van der Waals surface area contributed by atoms with Crippen molar-refractivity contribution in [2.45, 2.75) is 115 Å². The number of hydrogen-bond donors (Lipinski definition) is 0. The van der Waals surface area contributed by atoms with Gasteiger partial charge in [0.1, 0.15) is 0 Å². The molecule has 0 spiro atoms. The Balaban J connectivity index is 3.59. The SMILES string of the molecule is C=C[Si](CC)(CC)CC=NCCCCCCCCCC[Si](C=C)(CC)CC. The summed E-state index contributed by atoms with van der Waals surface area (Å²) in [7, 11) is -2.31. The largest absolute Gasteiger partial charge is 0.298 e. The minimum atomic E-state index is -1.22. The average Bonchev–Trinajstić information content (AvgIpc) is 2.72. The zero-order valence-electron chi connectivity index (χ0n) is 19.2. The van der Waals surface area contributed by atoms with Crippen molar-refractivity contribution >= 4 is 22.4 Å². The number of rotatable bonds is 19. The predicted molar refractivity (Wildman–Crippen MR) is 134 cm³/mol. The van der Waals surface area contributed by atoms with Crippen LogP contribution in [-0.2, 0) is 0 Å².